The molecule has 0 fully saturated rings. The summed E-state index contributed by atoms with van der Waals surface area (Å²) in [6.07, 6.45) is 2.91. The minimum atomic E-state index is -0.458. The molecule has 3 aromatic rings. The SMILES string of the molecule is CCOC(=O)c1nc(N2CCCc3c2nnc(Cl)c3C)sc1CCCOc1ccc(I)cc1F. The fourth-order valence-electron chi connectivity index (χ4n) is 3.73. The van der Waals surface area contributed by atoms with Crippen molar-refractivity contribution in [2.24, 2.45) is 0 Å². The van der Waals surface area contributed by atoms with Crippen molar-refractivity contribution in [2.75, 3.05) is 24.7 Å². The van der Waals surface area contributed by atoms with Crippen molar-refractivity contribution in [1.82, 2.24) is 15.2 Å². The van der Waals surface area contributed by atoms with E-state index in [0.717, 1.165) is 38.2 Å². The molecule has 0 radical (unpaired) electrons. The van der Waals surface area contributed by atoms with E-state index in [9.17, 15) is 9.18 Å². The first-order valence-electron chi connectivity index (χ1n) is 10.9. The molecular formula is C23H23ClFIN4O3S. The number of carbonyl (C=O) groups is 1. The normalized spacial score (nSPS) is 13.0. The number of aryl methyl sites for hydroxylation is 1. The molecule has 7 nitrogen and oxygen atoms in total. The number of aromatic nitrogens is 3. The van der Waals surface area contributed by atoms with Gasteiger partial charge in [-0.15, -0.1) is 21.5 Å². The molecule has 0 amide bonds. The largest absolute Gasteiger partial charge is 0.491 e. The van der Waals surface area contributed by atoms with E-state index in [1.54, 1.807) is 19.1 Å². The molecule has 0 spiro atoms. The molecule has 0 N–H and O–H groups in total. The van der Waals surface area contributed by atoms with E-state index < -0.39 is 5.97 Å². The van der Waals surface area contributed by atoms with Gasteiger partial charge in [0.25, 0.3) is 0 Å². The second-order valence-corrected chi connectivity index (χ2v) is 10.4. The topological polar surface area (TPSA) is 77.4 Å². The van der Waals surface area contributed by atoms with E-state index in [-0.39, 0.29) is 18.2 Å². The fourth-order valence-corrected chi connectivity index (χ4v) is 5.45. The van der Waals surface area contributed by atoms with Crippen LogP contribution in [-0.4, -0.2) is 40.9 Å². The predicted octanol–water partition coefficient (Wildman–Crippen LogP) is 5.91. The van der Waals surface area contributed by atoms with Gasteiger partial charge < -0.3 is 14.4 Å². The molecule has 34 heavy (non-hydrogen) atoms. The minimum absolute atomic E-state index is 0.216. The van der Waals surface area contributed by atoms with Gasteiger partial charge in [-0.1, -0.05) is 11.6 Å². The fraction of sp³-hybridized carbons (Fsp3) is 0.391. The molecule has 0 saturated heterocycles. The van der Waals surface area contributed by atoms with Gasteiger partial charge in [0.15, 0.2) is 33.4 Å². The first-order valence-corrected chi connectivity index (χ1v) is 13.2. The molecule has 3 heterocycles. The summed E-state index contributed by atoms with van der Waals surface area (Å²) < 4.78 is 25.7. The van der Waals surface area contributed by atoms with Crippen molar-refractivity contribution in [3.63, 3.8) is 0 Å². The van der Waals surface area contributed by atoms with Gasteiger partial charge in [-0.05, 0) is 85.9 Å². The summed E-state index contributed by atoms with van der Waals surface area (Å²) in [4.78, 5) is 20.0. The number of hydrogen-bond donors (Lipinski definition) is 0. The Labute approximate surface area is 219 Å². The molecule has 4 rings (SSSR count). The van der Waals surface area contributed by atoms with E-state index in [4.69, 9.17) is 21.1 Å². The maximum atomic E-state index is 14.0. The van der Waals surface area contributed by atoms with Crippen molar-refractivity contribution in [3.05, 3.63) is 54.4 Å². The van der Waals surface area contributed by atoms with Crippen LogP contribution in [0, 0.1) is 16.3 Å². The molecule has 180 valence electrons. The number of thiazole rings is 1. The molecule has 0 atom stereocenters. The van der Waals surface area contributed by atoms with Crippen LogP contribution in [0.2, 0.25) is 5.15 Å². The zero-order chi connectivity index (χ0) is 24.2. The Kier molecular flexibility index (Phi) is 8.20. The van der Waals surface area contributed by atoms with E-state index in [0.29, 0.717) is 42.0 Å². The highest BCUT2D eigenvalue weighted by Gasteiger charge is 2.28. The van der Waals surface area contributed by atoms with Crippen LogP contribution in [0.3, 0.4) is 0 Å². The van der Waals surface area contributed by atoms with Crippen molar-refractivity contribution in [1.29, 1.82) is 0 Å². The summed E-state index contributed by atoms with van der Waals surface area (Å²) in [6.45, 7) is 4.98. The highest BCUT2D eigenvalue weighted by Crippen LogP contribution is 2.38. The van der Waals surface area contributed by atoms with E-state index >= 15 is 0 Å². The summed E-state index contributed by atoms with van der Waals surface area (Å²) >= 11 is 9.66. The molecular weight excluding hydrogens is 594 g/mol. The van der Waals surface area contributed by atoms with Crippen molar-refractivity contribution >= 4 is 62.4 Å². The molecule has 1 aliphatic heterocycles. The number of carbonyl (C=O) groups excluding carboxylic acids is 1. The van der Waals surface area contributed by atoms with Crippen LogP contribution < -0.4 is 9.64 Å². The molecule has 2 aromatic heterocycles. The molecule has 0 aliphatic carbocycles. The standard InChI is InChI=1S/C23H23ClFIN4O3S/c1-3-32-22(31)19-18(7-5-11-33-17-9-8-14(26)12-16(17)25)34-23(27-19)30-10-4-6-15-13(2)20(24)28-29-21(15)30/h8-9,12H,3-7,10-11H2,1-2H3. The molecule has 0 saturated carbocycles. The zero-order valence-electron chi connectivity index (χ0n) is 18.7. The van der Waals surface area contributed by atoms with Gasteiger partial charge in [0.1, 0.15) is 0 Å². The third kappa shape index (κ3) is 5.44. The van der Waals surface area contributed by atoms with E-state index in [1.165, 1.54) is 17.4 Å². The van der Waals surface area contributed by atoms with Gasteiger partial charge in [0.2, 0.25) is 0 Å². The Morgan fingerprint density at radius 3 is 2.94 bits per heavy atom. The van der Waals surface area contributed by atoms with Crippen LogP contribution in [0.15, 0.2) is 18.2 Å². The smallest absolute Gasteiger partial charge is 0.358 e. The molecule has 11 heteroatoms. The lowest BCUT2D eigenvalue weighted by Crippen LogP contribution is -2.27. The summed E-state index contributed by atoms with van der Waals surface area (Å²) in [5.41, 5.74) is 2.26. The number of esters is 1. The Balaban J connectivity index is 1.53. The number of rotatable bonds is 8. The lowest BCUT2D eigenvalue weighted by Gasteiger charge is -2.28. The average molecular weight is 617 g/mol. The van der Waals surface area contributed by atoms with Gasteiger partial charge in [0, 0.05) is 20.6 Å². The molecule has 1 aromatic carbocycles. The predicted molar refractivity (Wildman–Crippen MR) is 138 cm³/mol. The number of halogens is 3. The summed E-state index contributed by atoms with van der Waals surface area (Å²) in [7, 11) is 0. The third-order valence-electron chi connectivity index (χ3n) is 5.41. The van der Waals surface area contributed by atoms with Gasteiger partial charge in [-0.3, -0.25) is 0 Å². The number of nitrogens with zero attached hydrogens (tertiary/aromatic N) is 4. The minimum Gasteiger partial charge on any atom is -0.491 e. The first-order chi connectivity index (χ1) is 16.4. The number of anilines is 2. The second kappa shape index (κ2) is 11.1. The maximum absolute atomic E-state index is 14.0. The number of ether oxygens (including phenoxy) is 2. The van der Waals surface area contributed by atoms with Crippen LogP contribution in [-0.2, 0) is 17.6 Å². The highest BCUT2D eigenvalue weighted by atomic mass is 127. The van der Waals surface area contributed by atoms with Crippen LogP contribution in [0.1, 0.15) is 46.3 Å². The van der Waals surface area contributed by atoms with Crippen molar-refractivity contribution in [3.8, 4) is 5.75 Å². The lowest BCUT2D eigenvalue weighted by molar-refractivity contribution is 0.0519. The Morgan fingerprint density at radius 2 is 2.18 bits per heavy atom. The summed E-state index contributed by atoms with van der Waals surface area (Å²) in [6, 6.07) is 4.84. The van der Waals surface area contributed by atoms with Crippen molar-refractivity contribution < 1.29 is 18.7 Å². The molecule has 0 unspecified atom stereocenters. The highest BCUT2D eigenvalue weighted by molar-refractivity contribution is 14.1. The second-order valence-electron chi connectivity index (χ2n) is 7.69. The van der Waals surface area contributed by atoms with Gasteiger partial charge in [-0.2, -0.15) is 0 Å². The van der Waals surface area contributed by atoms with E-state index in [2.05, 4.69) is 37.8 Å². The van der Waals surface area contributed by atoms with Crippen LogP contribution >= 0.6 is 45.5 Å². The summed E-state index contributed by atoms with van der Waals surface area (Å²) in [5, 5.41) is 9.46. The quantitative estimate of drug-likeness (QED) is 0.177. The van der Waals surface area contributed by atoms with Crippen LogP contribution in [0.4, 0.5) is 15.3 Å². The molecule has 1 aliphatic rings. The first kappa shape index (κ1) is 25.1. The zero-order valence-corrected chi connectivity index (χ0v) is 22.5. The van der Waals surface area contributed by atoms with Gasteiger partial charge in [0.05, 0.1) is 13.2 Å². The van der Waals surface area contributed by atoms with Crippen LogP contribution in [0.25, 0.3) is 0 Å². The third-order valence-corrected chi connectivity index (χ3v) is 7.58. The summed E-state index contributed by atoms with van der Waals surface area (Å²) in [5.74, 6) is 0.0922. The lowest BCUT2D eigenvalue weighted by atomic mass is 10.0. The number of benzene rings is 1. The average Bonchev–Trinajstić information content (AvgIpc) is 3.24. The van der Waals surface area contributed by atoms with Crippen molar-refractivity contribution in [2.45, 2.75) is 39.5 Å². The van der Waals surface area contributed by atoms with Crippen LogP contribution in [0.5, 0.6) is 5.75 Å². The van der Waals surface area contributed by atoms with Gasteiger partial charge >= 0.3 is 5.97 Å². The molecule has 0 bridgehead atoms. The van der Waals surface area contributed by atoms with Gasteiger partial charge in [-0.25, -0.2) is 14.2 Å². The number of hydrogen-bond acceptors (Lipinski definition) is 8. The Morgan fingerprint density at radius 1 is 1.35 bits per heavy atom. The Hall–Kier alpha value is -2.05. The number of fused-ring (bicyclic) bond motifs is 1. The van der Waals surface area contributed by atoms with E-state index in [1.807, 2.05) is 11.8 Å². The Bertz CT molecular complexity index is 1210. The monoisotopic (exact) mass is 616 g/mol. The maximum Gasteiger partial charge on any atom is 0.358 e.